The summed E-state index contributed by atoms with van der Waals surface area (Å²) in [7, 11) is -0.117. The largest absolute Gasteiger partial charge is 0.0898 e. The molecule has 4 heteroatoms. The molecule has 0 saturated heterocycles. The van der Waals surface area contributed by atoms with Gasteiger partial charge in [0.1, 0.15) is 0 Å². The Bertz CT molecular complexity index is 142. The summed E-state index contributed by atoms with van der Waals surface area (Å²) in [6.07, 6.45) is 0. The minimum atomic E-state index is -0.795. The van der Waals surface area contributed by atoms with Gasteiger partial charge in [-0.15, -0.1) is 0 Å². The van der Waals surface area contributed by atoms with Crippen molar-refractivity contribution in [3.05, 3.63) is 0 Å². The molecular formula is C9H20Cl2P2. The van der Waals surface area contributed by atoms with Crippen LogP contribution in [0, 0.1) is 0 Å². The Morgan fingerprint density at radius 3 is 1.23 bits per heavy atom. The first kappa shape index (κ1) is 14.4. The molecule has 0 N–H and O–H groups in total. The Balaban J connectivity index is 4.58. The fourth-order valence-electron chi connectivity index (χ4n) is 1.54. The van der Waals surface area contributed by atoms with Gasteiger partial charge in [0.05, 0.1) is 6.63 Å². The van der Waals surface area contributed by atoms with Gasteiger partial charge in [0, 0.05) is 5.90 Å². The zero-order valence-corrected chi connectivity index (χ0v) is 12.7. The number of hydrogen-bond acceptors (Lipinski definition) is 0. The third-order valence-electron chi connectivity index (χ3n) is 1.87. The summed E-state index contributed by atoms with van der Waals surface area (Å²) in [5.74, 6) is 1.00. The molecule has 0 radical (unpaired) electrons. The second-order valence-corrected chi connectivity index (χ2v) is 13.5. The smallest absolute Gasteiger partial charge is 0.0889 e. The van der Waals surface area contributed by atoms with E-state index in [1.807, 2.05) is 0 Å². The maximum atomic E-state index is 5.93. The van der Waals surface area contributed by atoms with Gasteiger partial charge < -0.3 is 0 Å². The summed E-state index contributed by atoms with van der Waals surface area (Å²) in [5.41, 5.74) is 0. The lowest BCUT2D eigenvalue weighted by atomic mass is 10.2. The van der Waals surface area contributed by atoms with Crippen molar-refractivity contribution in [1.29, 1.82) is 0 Å². The molecule has 80 valence electrons. The molecule has 0 nitrogen and oxygen atoms in total. The highest BCUT2D eigenvalue weighted by atomic mass is 35.9. The van der Waals surface area contributed by atoms with Gasteiger partial charge in [-0.05, 0) is 10.3 Å². The zero-order valence-electron chi connectivity index (χ0n) is 9.36. The second-order valence-electron chi connectivity index (χ2n) is 5.21. The van der Waals surface area contributed by atoms with Crippen LogP contribution in [0.2, 0.25) is 0 Å². The summed E-state index contributed by atoms with van der Waals surface area (Å²) >= 11 is 11.9. The highest BCUT2D eigenvalue weighted by Gasteiger charge is 2.35. The molecule has 0 spiro atoms. The van der Waals surface area contributed by atoms with Crippen LogP contribution in [-0.4, -0.2) is 16.2 Å². The van der Waals surface area contributed by atoms with Crippen molar-refractivity contribution in [2.24, 2.45) is 0 Å². The lowest BCUT2D eigenvalue weighted by Crippen LogP contribution is -2.25. The predicted molar refractivity (Wildman–Crippen MR) is 69.9 cm³/mol. The van der Waals surface area contributed by atoms with Crippen LogP contribution in [-0.2, 0) is 0 Å². The van der Waals surface area contributed by atoms with Crippen molar-refractivity contribution in [2.45, 2.75) is 51.9 Å². The van der Waals surface area contributed by atoms with Crippen molar-refractivity contribution < 1.29 is 0 Å². The van der Waals surface area contributed by atoms with Crippen molar-refractivity contribution >= 4 is 37.0 Å². The summed E-state index contributed by atoms with van der Waals surface area (Å²) in [6, 6.07) is 0. The van der Waals surface area contributed by atoms with E-state index in [-0.39, 0.29) is 7.92 Å². The van der Waals surface area contributed by atoms with Gasteiger partial charge in [0.2, 0.25) is 0 Å². The van der Waals surface area contributed by atoms with Gasteiger partial charge in [-0.2, -0.15) is 0 Å². The summed E-state index contributed by atoms with van der Waals surface area (Å²) < 4.78 is 0. The van der Waals surface area contributed by atoms with Gasteiger partial charge >= 0.3 is 0 Å². The minimum absolute atomic E-state index is 0.117. The van der Waals surface area contributed by atoms with E-state index in [1.54, 1.807) is 0 Å². The molecule has 0 atom stereocenters. The van der Waals surface area contributed by atoms with Crippen LogP contribution in [0.25, 0.3) is 0 Å². The van der Waals surface area contributed by atoms with E-state index in [0.717, 1.165) is 5.90 Å². The van der Waals surface area contributed by atoms with Crippen LogP contribution in [0.15, 0.2) is 0 Å². The minimum Gasteiger partial charge on any atom is -0.0889 e. The molecule has 0 rings (SSSR count). The van der Waals surface area contributed by atoms with Crippen LogP contribution in [0.3, 0.4) is 0 Å². The van der Waals surface area contributed by atoms with Crippen LogP contribution < -0.4 is 0 Å². The Morgan fingerprint density at radius 1 is 0.846 bits per heavy atom. The SMILES string of the molecule is CC(C)(C)P(CP(Cl)Cl)C(C)(C)C. The fourth-order valence-corrected chi connectivity index (χ4v) is 9.72. The van der Waals surface area contributed by atoms with Crippen LogP contribution in [0.1, 0.15) is 41.5 Å². The Labute approximate surface area is 94.8 Å². The quantitative estimate of drug-likeness (QED) is 0.550. The van der Waals surface area contributed by atoms with E-state index < -0.39 is 6.63 Å². The van der Waals surface area contributed by atoms with Gasteiger partial charge in [0.25, 0.3) is 0 Å². The average molecular weight is 261 g/mol. The normalized spacial score (nSPS) is 14.3. The molecule has 0 fully saturated rings. The molecule has 0 unspecified atom stereocenters. The predicted octanol–water partition coefficient (Wildman–Crippen LogP) is 5.81. The third kappa shape index (κ3) is 5.78. The highest BCUT2D eigenvalue weighted by Crippen LogP contribution is 2.67. The summed E-state index contributed by atoms with van der Waals surface area (Å²) in [6.45, 7) is 12.9. The molecule has 0 aromatic heterocycles. The van der Waals surface area contributed by atoms with Crippen molar-refractivity contribution in [2.75, 3.05) is 5.90 Å². The van der Waals surface area contributed by atoms with E-state index in [1.165, 1.54) is 0 Å². The Morgan fingerprint density at radius 2 is 1.15 bits per heavy atom. The molecule has 0 aromatic rings. The van der Waals surface area contributed by atoms with E-state index >= 15 is 0 Å². The van der Waals surface area contributed by atoms with Gasteiger partial charge in [-0.3, -0.25) is 0 Å². The van der Waals surface area contributed by atoms with E-state index in [0.29, 0.717) is 10.3 Å². The molecule has 0 aliphatic rings. The van der Waals surface area contributed by atoms with Crippen molar-refractivity contribution in [1.82, 2.24) is 0 Å². The van der Waals surface area contributed by atoms with Gasteiger partial charge in [0.15, 0.2) is 0 Å². The molecule has 0 heterocycles. The number of hydrogen-bond donors (Lipinski definition) is 0. The molecule has 13 heavy (non-hydrogen) atoms. The molecule has 0 aromatic carbocycles. The standard InChI is InChI=1S/C9H20Cl2P2/c1-8(2,3)12(7-13(10)11)9(4,5)6/h7H2,1-6H3. The topological polar surface area (TPSA) is 0 Å². The van der Waals surface area contributed by atoms with Crippen molar-refractivity contribution in [3.63, 3.8) is 0 Å². The maximum absolute atomic E-state index is 5.93. The highest BCUT2D eigenvalue weighted by molar-refractivity contribution is 8.08. The van der Waals surface area contributed by atoms with Crippen molar-refractivity contribution in [3.8, 4) is 0 Å². The van der Waals surface area contributed by atoms with Crippen LogP contribution in [0.5, 0.6) is 0 Å². The monoisotopic (exact) mass is 260 g/mol. The number of halogens is 2. The third-order valence-corrected chi connectivity index (χ3v) is 9.02. The molecular weight excluding hydrogens is 241 g/mol. The molecule has 0 aliphatic carbocycles. The lowest BCUT2D eigenvalue weighted by molar-refractivity contribution is 0.709. The van der Waals surface area contributed by atoms with E-state index in [9.17, 15) is 0 Å². The summed E-state index contributed by atoms with van der Waals surface area (Å²) in [4.78, 5) is 0. The van der Waals surface area contributed by atoms with Crippen LogP contribution in [0.4, 0.5) is 0 Å². The van der Waals surface area contributed by atoms with Gasteiger partial charge in [-0.25, -0.2) is 0 Å². The Hall–Kier alpha value is 1.44. The zero-order chi connectivity index (χ0) is 10.9. The fraction of sp³-hybridized carbons (Fsp3) is 1.00. The molecule has 0 aliphatic heterocycles. The number of rotatable bonds is 2. The molecule has 0 saturated carbocycles. The average Bonchev–Trinajstić information content (AvgIpc) is 1.77. The summed E-state index contributed by atoms with van der Waals surface area (Å²) in [5, 5.41) is 0.690. The first-order valence-corrected chi connectivity index (χ1v) is 9.28. The second kappa shape index (κ2) is 4.98. The molecule has 0 bridgehead atoms. The lowest BCUT2D eigenvalue weighted by Gasteiger charge is -2.41. The van der Waals surface area contributed by atoms with E-state index in [2.05, 4.69) is 41.5 Å². The first-order valence-electron chi connectivity index (χ1n) is 4.42. The Kier molecular flexibility index (Phi) is 5.53. The van der Waals surface area contributed by atoms with E-state index in [4.69, 9.17) is 22.5 Å². The first-order chi connectivity index (χ1) is 5.55. The maximum Gasteiger partial charge on any atom is 0.0898 e. The van der Waals surface area contributed by atoms with Gasteiger partial charge in [-0.1, -0.05) is 71.9 Å². The van der Waals surface area contributed by atoms with Crippen LogP contribution >= 0.6 is 37.0 Å². The molecule has 0 amide bonds.